The molecular formula is C16H13ClF3NO5S. The molecule has 0 atom stereocenters. The summed E-state index contributed by atoms with van der Waals surface area (Å²) in [4.78, 5) is 12.0. The summed E-state index contributed by atoms with van der Waals surface area (Å²) >= 11 is 5.84. The predicted octanol–water partition coefficient (Wildman–Crippen LogP) is 3.78. The first-order chi connectivity index (χ1) is 12.5. The Balaban J connectivity index is 2.07. The molecule has 1 saturated carbocycles. The summed E-state index contributed by atoms with van der Waals surface area (Å²) in [5, 5.41) is 3.28. The van der Waals surface area contributed by atoms with Crippen LogP contribution in [0.15, 0.2) is 27.6 Å². The number of hydrogen-bond donors (Lipinski definition) is 0. The van der Waals surface area contributed by atoms with Crippen LogP contribution in [0.1, 0.15) is 40.6 Å². The fraction of sp³-hybridized carbons (Fsp3) is 0.375. The first-order valence-corrected chi connectivity index (χ1v) is 9.97. The molecule has 0 unspecified atom stereocenters. The van der Waals surface area contributed by atoms with E-state index in [1.54, 1.807) is 0 Å². The van der Waals surface area contributed by atoms with Crippen LogP contribution in [0, 0.1) is 0 Å². The van der Waals surface area contributed by atoms with E-state index in [1.165, 1.54) is 6.07 Å². The van der Waals surface area contributed by atoms with Crippen LogP contribution in [-0.2, 0) is 9.84 Å². The van der Waals surface area contributed by atoms with E-state index in [-0.39, 0.29) is 16.6 Å². The van der Waals surface area contributed by atoms with Crippen molar-refractivity contribution < 1.29 is 35.6 Å². The van der Waals surface area contributed by atoms with Gasteiger partial charge in [0, 0.05) is 23.8 Å². The third-order valence-corrected chi connectivity index (χ3v) is 5.24. The van der Waals surface area contributed by atoms with Crippen molar-refractivity contribution in [3.63, 3.8) is 0 Å². The Labute approximate surface area is 157 Å². The van der Waals surface area contributed by atoms with E-state index in [2.05, 4.69) is 9.89 Å². The summed E-state index contributed by atoms with van der Waals surface area (Å²) in [6.45, 7) is -1.76. The quantitative estimate of drug-likeness (QED) is 0.657. The zero-order valence-corrected chi connectivity index (χ0v) is 15.4. The molecule has 0 N–H and O–H groups in total. The smallest absolute Gasteiger partial charge is 0.422 e. The Morgan fingerprint density at radius 1 is 1.37 bits per heavy atom. The summed E-state index contributed by atoms with van der Waals surface area (Å²) in [6, 6.07) is 3.60. The van der Waals surface area contributed by atoms with Crippen molar-refractivity contribution in [1.82, 2.24) is 5.16 Å². The molecular weight excluding hydrogens is 411 g/mol. The minimum atomic E-state index is -4.72. The van der Waals surface area contributed by atoms with Gasteiger partial charge in [0.05, 0.1) is 5.02 Å². The highest BCUT2D eigenvalue weighted by atomic mass is 35.5. The first-order valence-electron chi connectivity index (χ1n) is 7.71. The molecule has 1 aliphatic carbocycles. The normalized spacial score (nSPS) is 15.0. The van der Waals surface area contributed by atoms with E-state index in [4.69, 9.17) is 16.1 Å². The van der Waals surface area contributed by atoms with Crippen molar-refractivity contribution >= 4 is 27.2 Å². The largest absolute Gasteiger partial charge is 0.481 e. The Morgan fingerprint density at radius 2 is 2.04 bits per heavy atom. The summed E-state index contributed by atoms with van der Waals surface area (Å²) in [7, 11) is -4.16. The second kappa shape index (κ2) is 6.83. The number of nitrogens with zero attached hydrogens (tertiary/aromatic N) is 1. The molecule has 27 heavy (non-hydrogen) atoms. The van der Waals surface area contributed by atoms with Gasteiger partial charge in [0.25, 0.3) is 0 Å². The number of ketones is 1. The molecule has 0 aliphatic heterocycles. The molecule has 3 rings (SSSR count). The maximum Gasteiger partial charge on any atom is 0.422 e. The minimum absolute atomic E-state index is 0.147. The van der Waals surface area contributed by atoms with E-state index < -0.39 is 44.6 Å². The molecule has 1 heterocycles. The minimum Gasteiger partial charge on any atom is -0.481 e. The molecule has 11 heteroatoms. The zero-order chi connectivity index (χ0) is 20.0. The van der Waals surface area contributed by atoms with Crippen LogP contribution in [0.2, 0.25) is 5.02 Å². The lowest BCUT2D eigenvalue weighted by atomic mass is 10.1. The third-order valence-electron chi connectivity index (χ3n) is 3.80. The molecule has 0 radical (unpaired) electrons. The average molecular weight is 424 g/mol. The number of carbonyl (C=O) groups is 1. The van der Waals surface area contributed by atoms with Crippen LogP contribution in [0.5, 0.6) is 5.75 Å². The van der Waals surface area contributed by atoms with E-state index in [0.717, 1.165) is 31.2 Å². The maximum absolute atomic E-state index is 12.7. The fourth-order valence-electron chi connectivity index (χ4n) is 2.47. The van der Waals surface area contributed by atoms with Gasteiger partial charge >= 0.3 is 6.18 Å². The van der Waals surface area contributed by atoms with Gasteiger partial charge in [-0.15, -0.1) is 0 Å². The zero-order valence-electron chi connectivity index (χ0n) is 13.8. The highest BCUT2D eigenvalue weighted by molar-refractivity contribution is 7.91. The summed E-state index contributed by atoms with van der Waals surface area (Å²) in [5.74, 6) is -0.876. The average Bonchev–Trinajstić information content (AvgIpc) is 3.28. The molecule has 1 aromatic heterocycles. The second-order valence-corrected chi connectivity index (χ2v) is 8.51. The Kier molecular flexibility index (Phi) is 4.98. The number of hydrogen-bond acceptors (Lipinski definition) is 6. The molecule has 1 aromatic carbocycles. The van der Waals surface area contributed by atoms with E-state index in [0.29, 0.717) is 5.76 Å². The lowest BCUT2D eigenvalue weighted by Crippen LogP contribution is -2.21. The van der Waals surface area contributed by atoms with Gasteiger partial charge in [0.1, 0.15) is 10.7 Å². The standard InChI is InChI=1S/C16H13ClF3NO5S/c1-27(23,24)15-9(4-5-10(17)14(15)25-7-16(18,19)20)13(22)11-6-12(26-21-11)8-2-3-8/h4-6,8H,2-3,7H2,1H3. The number of ether oxygens (including phenoxy) is 1. The Bertz CT molecular complexity index is 996. The van der Waals surface area contributed by atoms with Crippen molar-refractivity contribution in [2.24, 2.45) is 0 Å². The van der Waals surface area contributed by atoms with Crippen LogP contribution in [0.25, 0.3) is 0 Å². The van der Waals surface area contributed by atoms with Gasteiger partial charge < -0.3 is 9.26 Å². The molecule has 6 nitrogen and oxygen atoms in total. The molecule has 146 valence electrons. The second-order valence-electron chi connectivity index (χ2n) is 6.15. The summed E-state index contributed by atoms with van der Waals surface area (Å²) < 4.78 is 71.6. The predicted molar refractivity (Wildman–Crippen MR) is 88.0 cm³/mol. The SMILES string of the molecule is CS(=O)(=O)c1c(C(=O)c2cc(C3CC3)on2)ccc(Cl)c1OCC(F)(F)F. The van der Waals surface area contributed by atoms with Crippen LogP contribution >= 0.6 is 11.6 Å². The lowest BCUT2D eigenvalue weighted by Gasteiger charge is -2.16. The van der Waals surface area contributed by atoms with E-state index in [1.807, 2.05) is 0 Å². The molecule has 1 aliphatic rings. The van der Waals surface area contributed by atoms with Gasteiger partial charge in [0.15, 0.2) is 27.9 Å². The monoisotopic (exact) mass is 423 g/mol. The van der Waals surface area contributed by atoms with Crippen LogP contribution in [-0.4, -0.2) is 38.4 Å². The van der Waals surface area contributed by atoms with Gasteiger partial charge in [-0.05, 0) is 25.0 Å². The molecule has 0 bridgehead atoms. The lowest BCUT2D eigenvalue weighted by molar-refractivity contribution is -0.153. The van der Waals surface area contributed by atoms with Crippen LogP contribution in [0.3, 0.4) is 0 Å². The van der Waals surface area contributed by atoms with Gasteiger partial charge in [0.2, 0.25) is 5.78 Å². The Morgan fingerprint density at radius 3 is 2.59 bits per heavy atom. The van der Waals surface area contributed by atoms with E-state index in [9.17, 15) is 26.4 Å². The molecule has 2 aromatic rings. The van der Waals surface area contributed by atoms with Crippen molar-refractivity contribution in [2.75, 3.05) is 12.9 Å². The van der Waals surface area contributed by atoms with Crippen molar-refractivity contribution in [3.8, 4) is 5.75 Å². The number of carbonyl (C=O) groups excluding carboxylic acids is 1. The van der Waals surface area contributed by atoms with Gasteiger partial charge in [-0.25, -0.2) is 8.42 Å². The molecule has 0 spiro atoms. The van der Waals surface area contributed by atoms with Gasteiger partial charge in [-0.2, -0.15) is 13.2 Å². The number of benzene rings is 1. The van der Waals surface area contributed by atoms with E-state index >= 15 is 0 Å². The van der Waals surface area contributed by atoms with Gasteiger partial charge in [-0.1, -0.05) is 16.8 Å². The number of sulfone groups is 1. The third kappa shape index (κ3) is 4.44. The van der Waals surface area contributed by atoms with Gasteiger partial charge in [-0.3, -0.25) is 4.79 Å². The van der Waals surface area contributed by atoms with Crippen LogP contribution < -0.4 is 4.74 Å². The highest BCUT2D eigenvalue weighted by Gasteiger charge is 2.34. The molecule has 1 fully saturated rings. The first kappa shape index (κ1) is 19.7. The van der Waals surface area contributed by atoms with Crippen molar-refractivity contribution in [2.45, 2.75) is 29.8 Å². The maximum atomic E-state index is 12.7. The van der Waals surface area contributed by atoms with Crippen LogP contribution in [0.4, 0.5) is 13.2 Å². The van der Waals surface area contributed by atoms with Crippen molar-refractivity contribution in [3.05, 3.63) is 40.2 Å². The fourth-order valence-corrected chi connectivity index (χ4v) is 3.80. The summed E-state index contributed by atoms with van der Waals surface area (Å²) in [6.07, 6.45) is -2.18. The molecule has 0 saturated heterocycles. The number of alkyl halides is 3. The number of rotatable bonds is 6. The highest BCUT2D eigenvalue weighted by Crippen LogP contribution is 2.41. The number of halogens is 4. The topological polar surface area (TPSA) is 86.5 Å². The van der Waals surface area contributed by atoms with Crippen molar-refractivity contribution in [1.29, 1.82) is 0 Å². The number of aromatic nitrogens is 1. The molecule has 0 amide bonds. The summed E-state index contributed by atoms with van der Waals surface area (Å²) in [5.41, 5.74) is -0.541. The Hall–Kier alpha value is -2.07.